The van der Waals surface area contributed by atoms with Gasteiger partial charge < -0.3 is 4.74 Å². The highest BCUT2D eigenvalue weighted by Gasteiger charge is 2.08. The van der Waals surface area contributed by atoms with Crippen LogP contribution in [0, 0.1) is 11.3 Å². The molecular weight excluding hydrogens is 262 g/mol. The van der Waals surface area contributed by atoms with Crippen molar-refractivity contribution in [3.05, 3.63) is 54.1 Å². The van der Waals surface area contributed by atoms with Crippen LogP contribution >= 0.6 is 0 Å². The van der Waals surface area contributed by atoms with E-state index in [1.54, 1.807) is 36.4 Å². The monoisotopic (exact) mass is 273 g/mol. The van der Waals surface area contributed by atoms with Crippen molar-refractivity contribution in [3.8, 4) is 17.6 Å². The zero-order chi connectivity index (χ0) is 13.9. The van der Waals surface area contributed by atoms with E-state index in [1.165, 1.54) is 12.1 Å². The molecule has 0 heterocycles. The van der Waals surface area contributed by atoms with Gasteiger partial charge in [0.25, 0.3) is 0 Å². The van der Waals surface area contributed by atoms with Gasteiger partial charge in [0.05, 0.1) is 16.5 Å². The van der Waals surface area contributed by atoms with Gasteiger partial charge in [0.1, 0.15) is 11.5 Å². The second kappa shape index (κ2) is 5.12. The van der Waals surface area contributed by atoms with Crippen LogP contribution in [0.5, 0.6) is 11.5 Å². The topological polar surface area (TPSA) is 67.2 Å². The van der Waals surface area contributed by atoms with Crippen molar-refractivity contribution in [2.45, 2.75) is 4.90 Å². The fourth-order valence-electron chi connectivity index (χ4n) is 1.53. The summed E-state index contributed by atoms with van der Waals surface area (Å²) in [7, 11) is -3.26. The first kappa shape index (κ1) is 13.1. The predicted molar refractivity (Wildman–Crippen MR) is 70.8 cm³/mol. The number of benzene rings is 2. The second-order valence-electron chi connectivity index (χ2n) is 3.99. The van der Waals surface area contributed by atoms with E-state index in [0.29, 0.717) is 17.1 Å². The molecule has 0 amide bonds. The summed E-state index contributed by atoms with van der Waals surface area (Å²) in [6.45, 7) is 0. The Morgan fingerprint density at radius 2 is 1.68 bits per heavy atom. The maximum absolute atomic E-state index is 11.4. The van der Waals surface area contributed by atoms with Gasteiger partial charge in [-0.3, -0.25) is 0 Å². The summed E-state index contributed by atoms with van der Waals surface area (Å²) in [5.74, 6) is 0.905. The molecule has 0 saturated heterocycles. The van der Waals surface area contributed by atoms with E-state index >= 15 is 0 Å². The molecule has 0 aliphatic carbocycles. The van der Waals surface area contributed by atoms with Crippen LogP contribution in [0.25, 0.3) is 0 Å². The van der Waals surface area contributed by atoms with Gasteiger partial charge >= 0.3 is 0 Å². The molecule has 4 nitrogen and oxygen atoms in total. The number of hydrogen-bond acceptors (Lipinski definition) is 4. The smallest absolute Gasteiger partial charge is 0.175 e. The molecular formula is C14H11NO3S. The van der Waals surface area contributed by atoms with E-state index in [1.807, 2.05) is 6.07 Å². The van der Waals surface area contributed by atoms with E-state index in [4.69, 9.17) is 10.00 Å². The summed E-state index contributed by atoms with van der Waals surface area (Å²) in [4.78, 5) is 0.196. The summed E-state index contributed by atoms with van der Waals surface area (Å²) in [6, 6.07) is 14.9. The molecule has 0 aliphatic heterocycles. The van der Waals surface area contributed by atoms with E-state index in [9.17, 15) is 8.42 Å². The van der Waals surface area contributed by atoms with Crippen LogP contribution in [-0.2, 0) is 9.84 Å². The Kier molecular flexibility index (Phi) is 3.54. The van der Waals surface area contributed by atoms with Crippen molar-refractivity contribution >= 4 is 9.84 Å². The number of rotatable bonds is 3. The SMILES string of the molecule is CS(=O)(=O)c1cccc(Oc2cccc(C#N)c2)c1. The molecule has 2 rings (SSSR count). The Bertz CT molecular complexity index is 745. The first-order chi connectivity index (χ1) is 8.99. The highest BCUT2D eigenvalue weighted by atomic mass is 32.2. The molecule has 0 atom stereocenters. The van der Waals surface area contributed by atoms with Gasteiger partial charge in [-0.2, -0.15) is 5.26 Å². The van der Waals surface area contributed by atoms with Crippen LogP contribution in [0.3, 0.4) is 0 Å². The van der Waals surface area contributed by atoms with Crippen LogP contribution in [-0.4, -0.2) is 14.7 Å². The maximum atomic E-state index is 11.4. The fraction of sp³-hybridized carbons (Fsp3) is 0.0714. The Labute approximate surface area is 111 Å². The Morgan fingerprint density at radius 1 is 1.05 bits per heavy atom. The molecule has 0 bridgehead atoms. The zero-order valence-electron chi connectivity index (χ0n) is 10.2. The van der Waals surface area contributed by atoms with Crippen LogP contribution in [0.1, 0.15) is 5.56 Å². The van der Waals surface area contributed by atoms with Crippen molar-refractivity contribution in [2.24, 2.45) is 0 Å². The third-order valence-corrected chi connectivity index (χ3v) is 3.54. The summed E-state index contributed by atoms with van der Waals surface area (Å²) in [5.41, 5.74) is 0.483. The normalized spacial score (nSPS) is 10.7. The summed E-state index contributed by atoms with van der Waals surface area (Å²) >= 11 is 0. The first-order valence-electron chi connectivity index (χ1n) is 5.47. The molecule has 0 saturated carbocycles. The highest BCUT2D eigenvalue weighted by Crippen LogP contribution is 2.24. The van der Waals surface area contributed by atoms with Gasteiger partial charge in [-0.15, -0.1) is 0 Å². The van der Waals surface area contributed by atoms with Crippen molar-refractivity contribution in [1.29, 1.82) is 5.26 Å². The van der Waals surface area contributed by atoms with Gasteiger partial charge in [0.2, 0.25) is 0 Å². The summed E-state index contributed by atoms with van der Waals surface area (Å²) in [6.07, 6.45) is 1.14. The quantitative estimate of drug-likeness (QED) is 0.862. The molecule has 2 aromatic rings. The number of sulfone groups is 1. The number of nitriles is 1. The lowest BCUT2D eigenvalue weighted by Crippen LogP contribution is -1.97. The Morgan fingerprint density at radius 3 is 2.32 bits per heavy atom. The zero-order valence-corrected chi connectivity index (χ0v) is 11.0. The fourth-order valence-corrected chi connectivity index (χ4v) is 2.19. The van der Waals surface area contributed by atoms with Crippen molar-refractivity contribution < 1.29 is 13.2 Å². The minimum atomic E-state index is -3.26. The van der Waals surface area contributed by atoms with E-state index in [0.717, 1.165) is 6.26 Å². The molecule has 0 spiro atoms. The molecule has 2 aromatic carbocycles. The Hall–Kier alpha value is -2.32. The van der Waals surface area contributed by atoms with Gasteiger partial charge in [0, 0.05) is 6.26 Å². The molecule has 0 unspecified atom stereocenters. The third-order valence-electron chi connectivity index (χ3n) is 2.43. The van der Waals surface area contributed by atoms with Crippen LogP contribution in [0.2, 0.25) is 0 Å². The molecule has 0 N–H and O–H groups in total. The molecule has 19 heavy (non-hydrogen) atoms. The van der Waals surface area contributed by atoms with E-state index in [2.05, 4.69) is 0 Å². The number of ether oxygens (including phenoxy) is 1. The van der Waals surface area contributed by atoms with Crippen molar-refractivity contribution in [1.82, 2.24) is 0 Å². The standard InChI is InChI=1S/C14H11NO3S/c1-19(16,17)14-7-3-6-13(9-14)18-12-5-2-4-11(8-12)10-15/h2-9H,1H3. The lowest BCUT2D eigenvalue weighted by atomic mass is 10.2. The first-order valence-corrected chi connectivity index (χ1v) is 7.36. The van der Waals surface area contributed by atoms with Gasteiger partial charge in [-0.05, 0) is 36.4 Å². The average Bonchev–Trinajstić information content (AvgIpc) is 2.38. The van der Waals surface area contributed by atoms with Crippen LogP contribution in [0.15, 0.2) is 53.4 Å². The minimum absolute atomic E-state index is 0.196. The molecule has 0 aromatic heterocycles. The van der Waals surface area contributed by atoms with Crippen molar-refractivity contribution in [2.75, 3.05) is 6.26 Å². The van der Waals surface area contributed by atoms with Crippen LogP contribution in [0.4, 0.5) is 0 Å². The van der Waals surface area contributed by atoms with Gasteiger partial charge in [0.15, 0.2) is 9.84 Å². The number of hydrogen-bond donors (Lipinski definition) is 0. The molecule has 0 fully saturated rings. The molecule has 96 valence electrons. The van der Waals surface area contributed by atoms with E-state index in [-0.39, 0.29) is 4.90 Å². The second-order valence-corrected chi connectivity index (χ2v) is 6.00. The van der Waals surface area contributed by atoms with Crippen molar-refractivity contribution in [3.63, 3.8) is 0 Å². The largest absolute Gasteiger partial charge is 0.457 e. The summed E-state index contributed by atoms with van der Waals surface area (Å²) < 4.78 is 28.4. The average molecular weight is 273 g/mol. The summed E-state index contributed by atoms with van der Waals surface area (Å²) in [5, 5.41) is 8.79. The molecule has 0 aliphatic rings. The Balaban J connectivity index is 2.31. The lowest BCUT2D eigenvalue weighted by molar-refractivity contribution is 0.480. The third kappa shape index (κ3) is 3.33. The van der Waals surface area contributed by atoms with Crippen LogP contribution < -0.4 is 4.74 Å². The molecule has 0 radical (unpaired) electrons. The maximum Gasteiger partial charge on any atom is 0.175 e. The van der Waals surface area contributed by atoms with E-state index < -0.39 is 9.84 Å². The lowest BCUT2D eigenvalue weighted by Gasteiger charge is -2.07. The number of nitrogens with zero attached hydrogens (tertiary/aromatic N) is 1. The van der Waals surface area contributed by atoms with Gasteiger partial charge in [-0.1, -0.05) is 12.1 Å². The highest BCUT2D eigenvalue weighted by molar-refractivity contribution is 7.90. The molecule has 5 heteroatoms. The predicted octanol–water partition coefficient (Wildman–Crippen LogP) is 2.75. The minimum Gasteiger partial charge on any atom is -0.457 e. The van der Waals surface area contributed by atoms with Gasteiger partial charge in [-0.25, -0.2) is 8.42 Å².